The van der Waals surface area contributed by atoms with E-state index in [1.807, 2.05) is 13.8 Å². The molecule has 2 saturated heterocycles. The summed E-state index contributed by atoms with van der Waals surface area (Å²) >= 11 is 0. The van der Waals surface area contributed by atoms with Gasteiger partial charge in [-0.25, -0.2) is 4.39 Å². The van der Waals surface area contributed by atoms with Crippen molar-refractivity contribution < 1.29 is 24.1 Å². The molecule has 0 aromatic heterocycles. The zero-order valence-electron chi connectivity index (χ0n) is 8.18. The maximum Gasteiger partial charge on any atom is 0.201 e. The molecular formula is C9H15FO4. The van der Waals surface area contributed by atoms with Crippen molar-refractivity contribution in [1.82, 2.24) is 0 Å². The fraction of sp³-hybridized carbons (Fsp3) is 1.00. The van der Waals surface area contributed by atoms with E-state index < -0.39 is 36.9 Å². The molecule has 4 unspecified atom stereocenters. The van der Waals surface area contributed by atoms with Crippen molar-refractivity contribution >= 4 is 0 Å². The van der Waals surface area contributed by atoms with E-state index in [-0.39, 0.29) is 5.92 Å². The summed E-state index contributed by atoms with van der Waals surface area (Å²) in [6, 6.07) is 0. The Kier molecular flexibility index (Phi) is 2.30. The Morgan fingerprint density at radius 1 is 1.29 bits per heavy atom. The van der Waals surface area contributed by atoms with Crippen LogP contribution in [0.4, 0.5) is 4.39 Å². The highest BCUT2D eigenvalue weighted by Crippen LogP contribution is 2.50. The minimum atomic E-state index is -1.20. The third-order valence-electron chi connectivity index (χ3n) is 2.98. The van der Waals surface area contributed by atoms with Crippen molar-refractivity contribution in [2.24, 2.45) is 5.92 Å². The Hall–Kier alpha value is -0.230. The Morgan fingerprint density at radius 2 is 1.93 bits per heavy atom. The average molecular weight is 206 g/mol. The summed E-state index contributed by atoms with van der Waals surface area (Å²) in [6.45, 7) is 2.93. The summed E-state index contributed by atoms with van der Waals surface area (Å²) in [5.74, 6) is -0.848. The number of fused-ring (bicyclic) bond motifs is 1. The zero-order chi connectivity index (χ0) is 10.5. The van der Waals surface area contributed by atoms with Crippen molar-refractivity contribution in [3.8, 4) is 0 Å². The Labute approximate surface area is 81.6 Å². The van der Waals surface area contributed by atoms with Gasteiger partial charge in [0.2, 0.25) is 5.79 Å². The van der Waals surface area contributed by atoms with E-state index in [9.17, 15) is 14.6 Å². The minimum Gasteiger partial charge on any atom is -0.387 e. The summed E-state index contributed by atoms with van der Waals surface area (Å²) < 4.78 is 23.1. The lowest BCUT2D eigenvalue weighted by Crippen LogP contribution is -2.53. The number of rotatable bonds is 2. The molecular weight excluding hydrogens is 191 g/mol. The van der Waals surface area contributed by atoms with Gasteiger partial charge in [-0.15, -0.1) is 0 Å². The van der Waals surface area contributed by atoms with Crippen LogP contribution >= 0.6 is 0 Å². The summed E-state index contributed by atoms with van der Waals surface area (Å²) in [5.41, 5.74) is 0. The van der Waals surface area contributed by atoms with E-state index in [1.165, 1.54) is 0 Å². The van der Waals surface area contributed by atoms with Crippen LogP contribution in [0.1, 0.15) is 13.8 Å². The van der Waals surface area contributed by atoms with E-state index in [1.54, 1.807) is 0 Å². The van der Waals surface area contributed by atoms with Gasteiger partial charge in [0.1, 0.15) is 31.1 Å². The lowest BCUT2D eigenvalue weighted by atomic mass is 9.92. The molecule has 4 nitrogen and oxygen atoms in total. The first kappa shape index (κ1) is 10.3. The molecule has 2 rings (SSSR count). The van der Waals surface area contributed by atoms with Crippen LogP contribution in [0.25, 0.3) is 0 Å². The molecule has 0 aromatic carbocycles. The molecule has 82 valence electrons. The molecule has 2 N–H and O–H groups in total. The van der Waals surface area contributed by atoms with Crippen LogP contribution in [0.3, 0.4) is 0 Å². The molecule has 2 heterocycles. The number of epoxide rings is 1. The maximum absolute atomic E-state index is 12.5. The van der Waals surface area contributed by atoms with Gasteiger partial charge in [0.25, 0.3) is 0 Å². The first-order chi connectivity index (χ1) is 6.53. The Balaban J connectivity index is 2.15. The number of halogens is 1. The molecule has 0 bridgehead atoms. The second-order valence-corrected chi connectivity index (χ2v) is 4.21. The van der Waals surface area contributed by atoms with Crippen molar-refractivity contribution in [2.75, 3.05) is 6.67 Å². The minimum absolute atomic E-state index is 0.0312. The molecule has 0 aliphatic carbocycles. The van der Waals surface area contributed by atoms with Crippen molar-refractivity contribution in [1.29, 1.82) is 0 Å². The first-order valence-corrected chi connectivity index (χ1v) is 4.80. The molecule has 0 amide bonds. The fourth-order valence-corrected chi connectivity index (χ4v) is 2.00. The lowest BCUT2D eigenvalue weighted by Gasteiger charge is -2.33. The normalized spacial score (nSPS) is 51.9. The van der Waals surface area contributed by atoms with Crippen molar-refractivity contribution in [2.45, 2.75) is 44.1 Å². The third kappa shape index (κ3) is 1.20. The number of aliphatic hydroxyl groups excluding tert-OH is 2. The largest absolute Gasteiger partial charge is 0.387 e. The predicted molar refractivity (Wildman–Crippen MR) is 45.3 cm³/mol. The Morgan fingerprint density at radius 3 is 2.43 bits per heavy atom. The van der Waals surface area contributed by atoms with Gasteiger partial charge in [-0.3, -0.25) is 0 Å². The topological polar surface area (TPSA) is 62.2 Å². The smallest absolute Gasteiger partial charge is 0.201 e. The van der Waals surface area contributed by atoms with E-state index in [0.717, 1.165) is 0 Å². The van der Waals surface area contributed by atoms with Gasteiger partial charge < -0.3 is 19.7 Å². The first-order valence-electron chi connectivity index (χ1n) is 4.80. The van der Waals surface area contributed by atoms with Crippen molar-refractivity contribution in [3.05, 3.63) is 0 Å². The van der Waals surface area contributed by atoms with Crippen LogP contribution in [0.2, 0.25) is 0 Å². The predicted octanol–water partition coefficient (Wildman–Crippen LogP) is -0.172. The second kappa shape index (κ2) is 3.13. The summed E-state index contributed by atoms with van der Waals surface area (Å²) in [7, 11) is 0. The average Bonchev–Trinajstić information content (AvgIpc) is 2.87. The summed E-state index contributed by atoms with van der Waals surface area (Å²) in [5, 5.41) is 19.0. The van der Waals surface area contributed by atoms with Crippen LogP contribution in [-0.2, 0) is 9.47 Å². The molecule has 0 radical (unpaired) electrons. The van der Waals surface area contributed by atoms with Gasteiger partial charge in [-0.2, -0.15) is 0 Å². The monoisotopic (exact) mass is 206 g/mol. The highest BCUT2D eigenvalue weighted by molar-refractivity contribution is 5.08. The van der Waals surface area contributed by atoms with Gasteiger partial charge in [-0.05, 0) is 0 Å². The standard InChI is InChI=1S/C9H15FO4/c1-4(2)9-8(14-9)7(12)6(11)5(3-10)13-9/h4-8,11-12H,3H2,1-2H3/t5?,6-,7?,8?,9?/m1/s1. The number of alkyl halides is 1. The molecule has 2 aliphatic heterocycles. The van der Waals surface area contributed by atoms with Crippen LogP contribution in [0.15, 0.2) is 0 Å². The van der Waals surface area contributed by atoms with E-state index in [2.05, 4.69) is 0 Å². The fourth-order valence-electron chi connectivity index (χ4n) is 2.00. The zero-order valence-corrected chi connectivity index (χ0v) is 8.18. The van der Waals surface area contributed by atoms with E-state index in [0.29, 0.717) is 0 Å². The molecule has 5 atom stereocenters. The Bertz CT molecular complexity index is 235. The highest BCUT2D eigenvalue weighted by Gasteiger charge is 2.69. The lowest BCUT2D eigenvalue weighted by molar-refractivity contribution is -0.191. The molecule has 0 aromatic rings. The van der Waals surface area contributed by atoms with Crippen molar-refractivity contribution in [3.63, 3.8) is 0 Å². The molecule has 2 aliphatic rings. The van der Waals surface area contributed by atoms with E-state index in [4.69, 9.17) is 9.47 Å². The number of ether oxygens (including phenoxy) is 2. The second-order valence-electron chi connectivity index (χ2n) is 4.21. The number of hydrogen-bond acceptors (Lipinski definition) is 4. The highest BCUT2D eigenvalue weighted by atomic mass is 19.1. The molecule has 14 heavy (non-hydrogen) atoms. The van der Waals surface area contributed by atoms with Gasteiger partial charge in [0.05, 0.1) is 0 Å². The number of aliphatic hydroxyl groups is 2. The molecule has 0 saturated carbocycles. The van der Waals surface area contributed by atoms with Gasteiger partial charge in [0.15, 0.2) is 0 Å². The molecule has 2 fully saturated rings. The molecule has 5 heteroatoms. The summed E-state index contributed by atoms with van der Waals surface area (Å²) in [4.78, 5) is 0. The molecule has 0 spiro atoms. The van der Waals surface area contributed by atoms with Crippen LogP contribution in [0, 0.1) is 5.92 Å². The van der Waals surface area contributed by atoms with Gasteiger partial charge in [0, 0.05) is 5.92 Å². The SMILES string of the molecule is CC(C)C12OC(CF)[C@@H](O)C(O)C1O2. The van der Waals surface area contributed by atoms with Crippen LogP contribution in [-0.4, -0.2) is 47.1 Å². The van der Waals surface area contributed by atoms with Gasteiger partial charge in [-0.1, -0.05) is 13.8 Å². The van der Waals surface area contributed by atoms with Gasteiger partial charge >= 0.3 is 0 Å². The van der Waals surface area contributed by atoms with Crippen LogP contribution < -0.4 is 0 Å². The number of hydrogen-bond donors (Lipinski definition) is 2. The maximum atomic E-state index is 12.5. The quantitative estimate of drug-likeness (QED) is 0.616. The van der Waals surface area contributed by atoms with E-state index >= 15 is 0 Å². The summed E-state index contributed by atoms with van der Waals surface area (Å²) in [6.07, 6.45) is -3.74. The van der Waals surface area contributed by atoms with Crippen LogP contribution in [0.5, 0.6) is 0 Å². The third-order valence-corrected chi connectivity index (χ3v) is 2.98.